The molecule has 1 aromatic carbocycles. The van der Waals surface area contributed by atoms with E-state index >= 15 is 0 Å². The van der Waals surface area contributed by atoms with Crippen LogP contribution in [0, 0.1) is 0 Å². The van der Waals surface area contributed by atoms with Crippen molar-refractivity contribution < 1.29 is 29.6 Å². The summed E-state index contributed by atoms with van der Waals surface area (Å²) in [5, 5.41) is 32.1. The number of hydrogen-bond acceptors (Lipinski definition) is 6. The minimum atomic E-state index is -1.33. The summed E-state index contributed by atoms with van der Waals surface area (Å²) in [6.45, 7) is 7.12. The van der Waals surface area contributed by atoms with Crippen LogP contribution in [0.25, 0.3) is 0 Å². The van der Waals surface area contributed by atoms with Gasteiger partial charge in [-0.05, 0) is 23.1 Å². The molecule has 1 aliphatic heterocycles. The first kappa shape index (κ1) is 19.7. The lowest BCUT2D eigenvalue weighted by atomic mass is 9.87. The normalized spacial score (nSPS) is 30.0. The van der Waals surface area contributed by atoms with Crippen LogP contribution < -0.4 is 10.1 Å². The molecule has 0 spiro atoms. The topological polar surface area (TPSA) is 108 Å². The molecule has 0 unspecified atom stereocenters. The quantitative estimate of drug-likeness (QED) is 0.620. The smallest absolute Gasteiger partial charge is 0.223 e. The summed E-state index contributed by atoms with van der Waals surface area (Å²) >= 11 is 0. The molecule has 1 heterocycles. The Balaban J connectivity index is 2.19. The fourth-order valence-electron chi connectivity index (χ4n) is 2.74. The summed E-state index contributed by atoms with van der Waals surface area (Å²) in [4.78, 5) is 11.4. The molecule has 1 aromatic rings. The molecule has 140 valence electrons. The molecule has 7 heteroatoms. The Hall–Kier alpha value is -1.67. The van der Waals surface area contributed by atoms with Gasteiger partial charge in [0.2, 0.25) is 12.2 Å². The Kier molecular flexibility index (Phi) is 6.05. The zero-order chi connectivity index (χ0) is 18.8. The molecule has 7 nitrogen and oxygen atoms in total. The van der Waals surface area contributed by atoms with E-state index in [0.717, 1.165) is 5.56 Å². The number of aliphatic hydroxyl groups is 3. The van der Waals surface area contributed by atoms with E-state index in [1.807, 2.05) is 12.1 Å². The average molecular weight is 353 g/mol. The third kappa shape index (κ3) is 4.70. The number of amides is 1. The van der Waals surface area contributed by atoms with Crippen molar-refractivity contribution in [2.45, 2.75) is 63.8 Å². The summed E-state index contributed by atoms with van der Waals surface area (Å²) < 4.78 is 11.3. The molecule has 1 fully saturated rings. The molecule has 1 aliphatic rings. The van der Waals surface area contributed by atoms with Crippen molar-refractivity contribution in [1.82, 2.24) is 5.32 Å². The Labute approximate surface area is 147 Å². The summed E-state index contributed by atoms with van der Waals surface area (Å²) in [6, 6.07) is 6.46. The first-order chi connectivity index (χ1) is 11.6. The third-order valence-corrected chi connectivity index (χ3v) is 4.22. The summed E-state index contributed by atoms with van der Waals surface area (Å²) in [6.07, 6.45) is -4.70. The molecule has 4 N–H and O–H groups in total. The number of benzene rings is 1. The molecule has 0 saturated carbocycles. The highest BCUT2D eigenvalue weighted by Crippen LogP contribution is 2.27. The highest BCUT2D eigenvalue weighted by atomic mass is 16.7. The second kappa shape index (κ2) is 7.70. The molecule has 5 atom stereocenters. The van der Waals surface area contributed by atoms with Crippen molar-refractivity contribution >= 4 is 5.91 Å². The van der Waals surface area contributed by atoms with Crippen LogP contribution in [0.15, 0.2) is 24.3 Å². The van der Waals surface area contributed by atoms with E-state index in [0.29, 0.717) is 5.75 Å². The van der Waals surface area contributed by atoms with Crippen molar-refractivity contribution in [3.63, 3.8) is 0 Å². The third-order valence-electron chi connectivity index (χ3n) is 4.22. The number of carbonyl (C=O) groups excluding carboxylic acids is 1. The van der Waals surface area contributed by atoms with E-state index in [1.54, 1.807) is 12.1 Å². The minimum Gasteiger partial charge on any atom is -0.463 e. The Morgan fingerprint density at radius 3 is 2.28 bits per heavy atom. The molecule has 0 aliphatic carbocycles. The van der Waals surface area contributed by atoms with Gasteiger partial charge < -0.3 is 30.1 Å². The highest BCUT2D eigenvalue weighted by molar-refractivity contribution is 5.73. The molecule has 25 heavy (non-hydrogen) atoms. The fraction of sp³-hybridized carbons (Fsp3) is 0.611. The van der Waals surface area contributed by atoms with E-state index in [-0.39, 0.29) is 11.3 Å². The van der Waals surface area contributed by atoms with Gasteiger partial charge >= 0.3 is 0 Å². The maximum absolute atomic E-state index is 11.4. The number of hydrogen-bond donors (Lipinski definition) is 4. The minimum absolute atomic E-state index is 0.000870. The van der Waals surface area contributed by atoms with Gasteiger partial charge in [-0.3, -0.25) is 4.79 Å². The Bertz CT molecular complexity index is 582. The van der Waals surface area contributed by atoms with Crippen LogP contribution in [-0.4, -0.2) is 58.5 Å². The lowest BCUT2D eigenvalue weighted by Crippen LogP contribution is -2.65. The molecule has 0 aromatic heterocycles. The number of carbonyl (C=O) groups is 1. The van der Waals surface area contributed by atoms with Gasteiger partial charge in [0, 0.05) is 6.92 Å². The van der Waals surface area contributed by atoms with Gasteiger partial charge in [-0.15, -0.1) is 0 Å². The van der Waals surface area contributed by atoms with Gasteiger partial charge in [0.05, 0.1) is 6.61 Å². The van der Waals surface area contributed by atoms with Crippen molar-refractivity contribution in [1.29, 1.82) is 0 Å². The summed E-state index contributed by atoms with van der Waals surface area (Å²) in [5.74, 6) is 0.104. The number of rotatable bonds is 4. The van der Waals surface area contributed by atoms with E-state index in [9.17, 15) is 20.1 Å². The monoisotopic (exact) mass is 353 g/mol. The zero-order valence-electron chi connectivity index (χ0n) is 15.0. The van der Waals surface area contributed by atoms with E-state index < -0.39 is 37.3 Å². The van der Waals surface area contributed by atoms with Crippen molar-refractivity contribution in [2.24, 2.45) is 0 Å². The Morgan fingerprint density at radius 2 is 1.80 bits per heavy atom. The Morgan fingerprint density at radius 1 is 1.20 bits per heavy atom. The van der Waals surface area contributed by atoms with Gasteiger partial charge in [-0.25, -0.2) is 0 Å². The largest absolute Gasteiger partial charge is 0.463 e. The molecule has 2 rings (SSSR count). The van der Waals surface area contributed by atoms with Crippen LogP contribution in [0.1, 0.15) is 33.3 Å². The predicted octanol–water partition coefficient (Wildman–Crippen LogP) is 0.307. The second-order valence-electron chi connectivity index (χ2n) is 7.33. The molecular weight excluding hydrogens is 326 g/mol. The van der Waals surface area contributed by atoms with Crippen LogP contribution in [0.5, 0.6) is 5.75 Å². The maximum Gasteiger partial charge on any atom is 0.223 e. The van der Waals surface area contributed by atoms with Gasteiger partial charge in [0.1, 0.15) is 30.1 Å². The molecule has 0 bridgehead atoms. The SMILES string of the molecule is CC(=O)N[C@@H]1[C@@H](Oc2ccc(C(C)(C)C)cc2)O[C@@H](CO)[C@H](O)[C@H]1O. The van der Waals surface area contributed by atoms with Gasteiger partial charge in [-0.2, -0.15) is 0 Å². The van der Waals surface area contributed by atoms with E-state index in [2.05, 4.69) is 26.1 Å². The zero-order valence-corrected chi connectivity index (χ0v) is 15.0. The number of aliphatic hydroxyl groups excluding tert-OH is 3. The molecule has 1 amide bonds. The van der Waals surface area contributed by atoms with Crippen LogP contribution in [-0.2, 0) is 14.9 Å². The van der Waals surface area contributed by atoms with Crippen molar-refractivity contribution in [2.75, 3.05) is 6.61 Å². The lowest BCUT2D eigenvalue weighted by Gasteiger charge is -2.42. The van der Waals surface area contributed by atoms with Crippen LogP contribution in [0.2, 0.25) is 0 Å². The lowest BCUT2D eigenvalue weighted by molar-refractivity contribution is -0.244. The highest BCUT2D eigenvalue weighted by Gasteiger charge is 2.46. The first-order valence-electron chi connectivity index (χ1n) is 8.30. The summed E-state index contributed by atoms with van der Waals surface area (Å²) in [7, 11) is 0. The molecule has 1 saturated heterocycles. The van der Waals surface area contributed by atoms with Crippen LogP contribution in [0.4, 0.5) is 0 Å². The van der Waals surface area contributed by atoms with Gasteiger partial charge in [0.15, 0.2) is 0 Å². The van der Waals surface area contributed by atoms with Crippen molar-refractivity contribution in [3.05, 3.63) is 29.8 Å². The predicted molar refractivity (Wildman–Crippen MR) is 91.1 cm³/mol. The summed E-state index contributed by atoms with van der Waals surface area (Å²) in [5.41, 5.74) is 1.13. The van der Waals surface area contributed by atoms with Crippen LogP contribution in [0.3, 0.4) is 0 Å². The number of ether oxygens (including phenoxy) is 2. The average Bonchev–Trinajstić information content (AvgIpc) is 2.53. The fourth-order valence-corrected chi connectivity index (χ4v) is 2.74. The standard InChI is InChI=1S/C18H27NO6/c1-10(21)19-14-16(23)15(22)13(9-20)25-17(14)24-12-7-5-11(6-8-12)18(2,3)4/h5-8,13-17,20,22-23H,9H2,1-4H3,(H,19,21)/t13-,14-,15-,16-,17-/m0/s1. The van der Waals surface area contributed by atoms with Crippen LogP contribution >= 0.6 is 0 Å². The van der Waals surface area contributed by atoms with Gasteiger partial charge in [0.25, 0.3) is 0 Å². The second-order valence-corrected chi connectivity index (χ2v) is 7.33. The van der Waals surface area contributed by atoms with Gasteiger partial charge in [-0.1, -0.05) is 32.9 Å². The van der Waals surface area contributed by atoms with Crippen molar-refractivity contribution in [3.8, 4) is 5.75 Å². The molecule has 0 radical (unpaired) electrons. The number of nitrogens with one attached hydrogen (secondary N) is 1. The first-order valence-corrected chi connectivity index (χ1v) is 8.30. The maximum atomic E-state index is 11.4. The molecular formula is C18H27NO6. The van der Waals surface area contributed by atoms with E-state index in [4.69, 9.17) is 9.47 Å². The van der Waals surface area contributed by atoms with E-state index in [1.165, 1.54) is 6.92 Å².